The minimum atomic E-state index is -4.73. The number of hydrogen-bond donors (Lipinski definition) is 1. The van der Waals surface area contributed by atoms with Crippen molar-refractivity contribution in [2.24, 2.45) is 0 Å². The summed E-state index contributed by atoms with van der Waals surface area (Å²) in [6.07, 6.45) is -0.439. The van der Waals surface area contributed by atoms with Crippen LogP contribution in [0.4, 0.5) is 13.2 Å². The zero-order valence-electron chi connectivity index (χ0n) is 14.1. The number of hydrogen-bond acceptors (Lipinski definition) is 6. The summed E-state index contributed by atoms with van der Waals surface area (Å²) >= 11 is 0. The maximum absolute atomic E-state index is 12.2. The van der Waals surface area contributed by atoms with Gasteiger partial charge in [0, 0.05) is 12.1 Å². The van der Waals surface area contributed by atoms with Gasteiger partial charge in [-0.2, -0.15) is 0 Å². The van der Waals surface area contributed by atoms with Gasteiger partial charge in [0.15, 0.2) is 0 Å². The van der Waals surface area contributed by atoms with Gasteiger partial charge in [0.25, 0.3) is 0 Å². The molecule has 10 heteroatoms. The standard InChI is InChI=1S/C18H13F3N4O3/c19-18(20,21)27-14-6-4-12(5-7-14)16-9-17(24-28-16)26-15-3-1-2-13(8-15)25-10-22-23-11-25/h1-11,16,24H/t16-/m0/s1. The van der Waals surface area contributed by atoms with E-state index in [1.807, 2.05) is 12.1 Å². The molecule has 1 aliphatic heterocycles. The van der Waals surface area contributed by atoms with Gasteiger partial charge in [-0.25, -0.2) is 5.48 Å². The van der Waals surface area contributed by atoms with Crippen molar-refractivity contribution in [2.45, 2.75) is 12.5 Å². The van der Waals surface area contributed by atoms with Crippen molar-refractivity contribution in [1.29, 1.82) is 0 Å². The van der Waals surface area contributed by atoms with Crippen LogP contribution >= 0.6 is 0 Å². The summed E-state index contributed by atoms with van der Waals surface area (Å²) in [5.41, 5.74) is 4.11. The number of halogens is 3. The van der Waals surface area contributed by atoms with Gasteiger partial charge in [-0.1, -0.05) is 18.2 Å². The van der Waals surface area contributed by atoms with Gasteiger partial charge in [0.1, 0.15) is 30.3 Å². The molecule has 144 valence electrons. The molecule has 28 heavy (non-hydrogen) atoms. The van der Waals surface area contributed by atoms with Crippen molar-refractivity contribution in [3.63, 3.8) is 0 Å². The molecule has 2 aromatic carbocycles. The van der Waals surface area contributed by atoms with Crippen molar-refractivity contribution in [3.8, 4) is 17.2 Å². The minimum absolute atomic E-state index is 0.298. The Bertz CT molecular complexity index is 972. The van der Waals surface area contributed by atoms with Gasteiger partial charge in [-0.05, 0) is 29.8 Å². The summed E-state index contributed by atoms with van der Waals surface area (Å²) in [6, 6.07) is 12.7. The van der Waals surface area contributed by atoms with E-state index in [0.717, 1.165) is 5.69 Å². The molecule has 2 heterocycles. The average Bonchev–Trinajstić information content (AvgIpc) is 3.33. The fourth-order valence-corrected chi connectivity index (χ4v) is 2.57. The highest BCUT2D eigenvalue weighted by molar-refractivity contribution is 5.40. The van der Waals surface area contributed by atoms with Crippen LogP contribution in [0.3, 0.4) is 0 Å². The Kier molecular flexibility index (Phi) is 4.62. The van der Waals surface area contributed by atoms with Crippen molar-refractivity contribution < 1.29 is 27.5 Å². The summed E-state index contributed by atoms with van der Waals surface area (Å²) in [7, 11) is 0. The molecule has 0 fully saturated rings. The lowest BCUT2D eigenvalue weighted by molar-refractivity contribution is -0.274. The molecule has 3 aromatic rings. The van der Waals surface area contributed by atoms with Crippen LogP contribution in [0.5, 0.6) is 11.5 Å². The van der Waals surface area contributed by atoms with Crippen LogP contribution in [-0.4, -0.2) is 21.1 Å². The Morgan fingerprint density at radius 2 is 1.75 bits per heavy atom. The van der Waals surface area contributed by atoms with Crippen LogP contribution < -0.4 is 15.0 Å². The Labute approximate surface area is 156 Å². The third-order valence-electron chi connectivity index (χ3n) is 3.79. The highest BCUT2D eigenvalue weighted by Crippen LogP contribution is 2.29. The number of ether oxygens (including phenoxy) is 2. The molecule has 0 saturated carbocycles. The van der Waals surface area contributed by atoms with Crippen LogP contribution in [0.25, 0.3) is 5.69 Å². The molecule has 0 unspecified atom stereocenters. The van der Waals surface area contributed by atoms with Crippen LogP contribution in [0, 0.1) is 0 Å². The van der Waals surface area contributed by atoms with Gasteiger partial charge in [-0.3, -0.25) is 9.40 Å². The second kappa shape index (κ2) is 7.24. The topological polar surface area (TPSA) is 70.4 Å². The first-order valence-corrected chi connectivity index (χ1v) is 8.08. The molecule has 0 spiro atoms. The smallest absolute Gasteiger partial charge is 0.439 e. The lowest BCUT2D eigenvalue weighted by atomic mass is 10.1. The Morgan fingerprint density at radius 3 is 2.46 bits per heavy atom. The van der Waals surface area contributed by atoms with E-state index in [1.165, 1.54) is 24.3 Å². The number of rotatable bonds is 5. The molecule has 0 bridgehead atoms. The first-order valence-electron chi connectivity index (χ1n) is 8.08. The molecule has 7 nitrogen and oxygen atoms in total. The van der Waals surface area contributed by atoms with Gasteiger partial charge in [-0.15, -0.1) is 23.4 Å². The van der Waals surface area contributed by atoms with Crippen molar-refractivity contribution >= 4 is 0 Å². The van der Waals surface area contributed by atoms with Gasteiger partial charge < -0.3 is 9.47 Å². The van der Waals surface area contributed by atoms with Crippen molar-refractivity contribution in [1.82, 2.24) is 20.2 Å². The van der Waals surface area contributed by atoms with Crippen LogP contribution in [0.15, 0.2) is 73.1 Å². The molecule has 1 aliphatic rings. The lowest BCUT2D eigenvalue weighted by Gasteiger charge is -2.11. The summed E-state index contributed by atoms with van der Waals surface area (Å²) in [6.45, 7) is 0. The lowest BCUT2D eigenvalue weighted by Crippen LogP contribution is -2.17. The van der Waals surface area contributed by atoms with Crippen LogP contribution in [-0.2, 0) is 4.84 Å². The quantitative estimate of drug-likeness (QED) is 0.717. The number of nitrogens with zero attached hydrogens (tertiary/aromatic N) is 3. The maximum Gasteiger partial charge on any atom is 0.573 e. The van der Waals surface area contributed by atoms with E-state index >= 15 is 0 Å². The molecular formula is C18H13F3N4O3. The molecule has 0 amide bonds. The van der Waals surface area contributed by atoms with Crippen molar-refractivity contribution in [2.75, 3.05) is 0 Å². The molecule has 0 radical (unpaired) electrons. The third kappa shape index (κ3) is 4.23. The zero-order chi connectivity index (χ0) is 19.6. The maximum atomic E-state index is 12.2. The zero-order valence-corrected chi connectivity index (χ0v) is 14.1. The summed E-state index contributed by atoms with van der Waals surface area (Å²) in [5, 5.41) is 7.52. The number of hydroxylamine groups is 1. The van der Waals surface area contributed by atoms with E-state index in [1.54, 1.807) is 35.4 Å². The van der Waals surface area contributed by atoms with Crippen molar-refractivity contribution in [3.05, 3.63) is 78.7 Å². The summed E-state index contributed by atoms with van der Waals surface area (Å²) in [5.74, 6) is 0.623. The summed E-state index contributed by atoms with van der Waals surface area (Å²) in [4.78, 5) is 5.41. The molecule has 4 rings (SSSR count). The second-order valence-electron chi connectivity index (χ2n) is 5.76. The predicted molar refractivity (Wildman–Crippen MR) is 90.2 cm³/mol. The largest absolute Gasteiger partial charge is 0.573 e. The fourth-order valence-electron chi connectivity index (χ4n) is 2.57. The average molecular weight is 390 g/mol. The van der Waals surface area contributed by atoms with E-state index in [4.69, 9.17) is 9.57 Å². The molecule has 1 atom stereocenters. The van der Waals surface area contributed by atoms with Gasteiger partial charge in [0.2, 0.25) is 5.88 Å². The first-order chi connectivity index (χ1) is 13.5. The third-order valence-corrected chi connectivity index (χ3v) is 3.79. The number of alkyl halides is 3. The first kappa shape index (κ1) is 17.9. The Morgan fingerprint density at radius 1 is 1.00 bits per heavy atom. The summed E-state index contributed by atoms with van der Waals surface area (Å²) < 4.78 is 48.0. The van der Waals surface area contributed by atoms with E-state index in [0.29, 0.717) is 17.2 Å². The molecular weight excluding hydrogens is 377 g/mol. The monoisotopic (exact) mass is 390 g/mol. The number of benzene rings is 2. The second-order valence-corrected chi connectivity index (χ2v) is 5.76. The molecule has 0 saturated heterocycles. The number of nitrogens with one attached hydrogen (secondary N) is 1. The van der Waals surface area contributed by atoms with Gasteiger partial charge in [0.05, 0.1) is 5.69 Å². The fraction of sp³-hybridized carbons (Fsp3) is 0.111. The van der Waals surface area contributed by atoms with Gasteiger partial charge >= 0.3 is 6.36 Å². The molecule has 1 N–H and O–H groups in total. The van der Waals surface area contributed by atoms with Crippen LogP contribution in [0.2, 0.25) is 0 Å². The van der Waals surface area contributed by atoms with E-state index < -0.39 is 12.5 Å². The Balaban J connectivity index is 1.44. The van der Waals surface area contributed by atoms with E-state index in [-0.39, 0.29) is 5.75 Å². The Hall–Kier alpha value is -3.53. The minimum Gasteiger partial charge on any atom is -0.439 e. The van der Waals surface area contributed by atoms with E-state index in [2.05, 4.69) is 20.4 Å². The normalized spacial score (nSPS) is 16.4. The highest BCUT2D eigenvalue weighted by atomic mass is 19.4. The SMILES string of the molecule is FC(F)(F)Oc1ccc([C@@H]2C=C(Oc3cccc(-n4cnnc4)c3)NO2)cc1. The van der Waals surface area contributed by atoms with Crippen LogP contribution in [0.1, 0.15) is 11.7 Å². The predicted octanol–water partition coefficient (Wildman–Crippen LogP) is 3.66. The highest BCUT2D eigenvalue weighted by Gasteiger charge is 2.31. The molecule has 1 aromatic heterocycles. The number of aromatic nitrogens is 3. The molecule has 0 aliphatic carbocycles. The van der Waals surface area contributed by atoms with E-state index in [9.17, 15) is 13.2 Å².